The lowest BCUT2D eigenvalue weighted by Crippen LogP contribution is -2.48. The van der Waals surface area contributed by atoms with E-state index in [0.29, 0.717) is 17.8 Å². The quantitative estimate of drug-likeness (QED) is 0.612. The first-order chi connectivity index (χ1) is 11.4. The van der Waals surface area contributed by atoms with Gasteiger partial charge in [0.05, 0.1) is 0 Å². The molecule has 4 N–H and O–H groups in total. The van der Waals surface area contributed by atoms with Crippen LogP contribution in [0.4, 0.5) is 10.5 Å². The minimum Gasteiger partial charge on any atom is -0.352 e. The minimum atomic E-state index is -0.662. The molecule has 0 spiro atoms. The van der Waals surface area contributed by atoms with E-state index in [1.165, 1.54) is 0 Å². The third kappa shape index (κ3) is 6.28. The third-order valence-corrected chi connectivity index (χ3v) is 3.46. The van der Waals surface area contributed by atoms with Crippen molar-refractivity contribution >= 4 is 23.5 Å². The van der Waals surface area contributed by atoms with Gasteiger partial charge in [-0.3, -0.25) is 9.59 Å². The lowest BCUT2D eigenvalue weighted by atomic mass is 10.2. The van der Waals surface area contributed by atoms with E-state index < -0.39 is 12.1 Å². The number of hydrogen-bond acceptors (Lipinski definition) is 3. The molecule has 1 aromatic carbocycles. The molecule has 2 unspecified atom stereocenters. The number of carbonyl (C=O) groups is 3. The van der Waals surface area contributed by atoms with Crippen molar-refractivity contribution in [1.82, 2.24) is 16.0 Å². The van der Waals surface area contributed by atoms with Crippen molar-refractivity contribution in [2.45, 2.75) is 46.2 Å². The maximum Gasteiger partial charge on any atom is 0.319 e. The van der Waals surface area contributed by atoms with Crippen molar-refractivity contribution in [2.75, 3.05) is 11.9 Å². The maximum absolute atomic E-state index is 12.0. The van der Waals surface area contributed by atoms with Gasteiger partial charge in [-0.2, -0.15) is 0 Å². The molecule has 4 amide bonds. The Morgan fingerprint density at radius 2 is 1.79 bits per heavy atom. The van der Waals surface area contributed by atoms with E-state index in [4.69, 9.17) is 0 Å². The molecule has 1 aromatic rings. The Hall–Kier alpha value is -2.57. The molecule has 0 saturated heterocycles. The van der Waals surface area contributed by atoms with Gasteiger partial charge >= 0.3 is 6.03 Å². The molecule has 1 rings (SSSR count). The van der Waals surface area contributed by atoms with Crippen LogP contribution >= 0.6 is 0 Å². The van der Waals surface area contributed by atoms with Crippen LogP contribution in [-0.2, 0) is 4.79 Å². The Morgan fingerprint density at radius 3 is 2.42 bits per heavy atom. The third-order valence-electron chi connectivity index (χ3n) is 3.46. The molecule has 7 nitrogen and oxygen atoms in total. The van der Waals surface area contributed by atoms with Crippen molar-refractivity contribution in [3.05, 3.63) is 29.8 Å². The van der Waals surface area contributed by atoms with E-state index in [-0.39, 0.29) is 17.9 Å². The Labute approximate surface area is 142 Å². The van der Waals surface area contributed by atoms with Crippen LogP contribution in [0, 0.1) is 0 Å². The Morgan fingerprint density at radius 1 is 1.08 bits per heavy atom. The first-order valence-electron chi connectivity index (χ1n) is 8.13. The molecule has 0 radical (unpaired) electrons. The van der Waals surface area contributed by atoms with Gasteiger partial charge in [-0.1, -0.05) is 13.0 Å². The Balaban J connectivity index is 2.60. The fourth-order valence-electron chi connectivity index (χ4n) is 1.90. The summed E-state index contributed by atoms with van der Waals surface area (Å²) < 4.78 is 0. The summed E-state index contributed by atoms with van der Waals surface area (Å²) in [6, 6.07) is 5.48. The zero-order valence-corrected chi connectivity index (χ0v) is 14.6. The van der Waals surface area contributed by atoms with E-state index in [0.717, 1.165) is 6.42 Å². The highest BCUT2D eigenvalue weighted by Gasteiger charge is 2.17. The van der Waals surface area contributed by atoms with Crippen LogP contribution in [0.15, 0.2) is 24.3 Å². The van der Waals surface area contributed by atoms with Crippen LogP contribution in [0.1, 0.15) is 44.5 Å². The highest BCUT2D eigenvalue weighted by atomic mass is 16.2. The van der Waals surface area contributed by atoms with Gasteiger partial charge in [0.15, 0.2) is 0 Å². The predicted octanol–water partition coefficient (Wildman–Crippen LogP) is 1.86. The summed E-state index contributed by atoms with van der Waals surface area (Å²) in [6.45, 7) is 7.84. The monoisotopic (exact) mass is 334 g/mol. The van der Waals surface area contributed by atoms with Crippen LogP contribution in [0.2, 0.25) is 0 Å². The molecule has 132 valence electrons. The van der Waals surface area contributed by atoms with Crippen molar-refractivity contribution < 1.29 is 14.4 Å². The number of rotatable bonds is 7. The van der Waals surface area contributed by atoms with Gasteiger partial charge in [-0.15, -0.1) is 0 Å². The largest absolute Gasteiger partial charge is 0.352 e. The average molecular weight is 334 g/mol. The number of anilines is 1. The summed E-state index contributed by atoms with van der Waals surface area (Å²) in [5.41, 5.74) is 0.933. The lowest BCUT2D eigenvalue weighted by molar-refractivity contribution is -0.123. The van der Waals surface area contributed by atoms with Crippen molar-refractivity contribution in [3.63, 3.8) is 0 Å². The number of urea groups is 1. The van der Waals surface area contributed by atoms with E-state index in [1.54, 1.807) is 31.2 Å². The van der Waals surface area contributed by atoms with Gasteiger partial charge in [0.25, 0.3) is 5.91 Å². The second-order valence-corrected chi connectivity index (χ2v) is 5.58. The number of hydrogen-bond donors (Lipinski definition) is 4. The van der Waals surface area contributed by atoms with Crippen molar-refractivity contribution in [2.24, 2.45) is 0 Å². The van der Waals surface area contributed by atoms with E-state index in [1.807, 2.05) is 20.8 Å². The molecular weight excluding hydrogens is 308 g/mol. The first kappa shape index (κ1) is 19.5. The molecule has 0 heterocycles. The van der Waals surface area contributed by atoms with E-state index in [2.05, 4.69) is 21.3 Å². The van der Waals surface area contributed by atoms with Crippen LogP contribution < -0.4 is 21.3 Å². The van der Waals surface area contributed by atoms with Gasteiger partial charge in [0.2, 0.25) is 5.91 Å². The number of nitrogens with one attached hydrogen (secondary N) is 4. The Bertz CT molecular complexity index is 589. The summed E-state index contributed by atoms with van der Waals surface area (Å²) in [5.74, 6) is -0.446. The normalized spacial score (nSPS) is 12.7. The summed E-state index contributed by atoms with van der Waals surface area (Å²) in [5, 5.41) is 10.7. The fraction of sp³-hybridized carbons (Fsp3) is 0.471. The summed E-state index contributed by atoms with van der Waals surface area (Å²) in [6.07, 6.45) is 0.817. The molecular formula is C17H26N4O3. The number of carbonyl (C=O) groups excluding carboxylic acids is 3. The smallest absolute Gasteiger partial charge is 0.319 e. The molecule has 7 heteroatoms. The Kier molecular flexibility index (Phi) is 7.74. The fourth-order valence-corrected chi connectivity index (χ4v) is 1.90. The second-order valence-electron chi connectivity index (χ2n) is 5.58. The summed E-state index contributed by atoms with van der Waals surface area (Å²) >= 11 is 0. The average Bonchev–Trinajstić information content (AvgIpc) is 2.54. The summed E-state index contributed by atoms with van der Waals surface area (Å²) in [4.78, 5) is 35.7. The maximum atomic E-state index is 12.0. The predicted molar refractivity (Wildman–Crippen MR) is 94.0 cm³/mol. The highest BCUT2D eigenvalue weighted by molar-refractivity contribution is 5.97. The first-order valence-corrected chi connectivity index (χ1v) is 8.13. The van der Waals surface area contributed by atoms with E-state index in [9.17, 15) is 14.4 Å². The SMILES string of the molecule is CCNC(=O)c1cccc(NC(=O)NC(C)C(=O)NC(C)CC)c1. The van der Waals surface area contributed by atoms with Crippen molar-refractivity contribution in [3.8, 4) is 0 Å². The van der Waals surface area contributed by atoms with E-state index >= 15 is 0 Å². The zero-order chi connectivity index (χ0) is 18.1. The highest BCUT2D eigenvalue weighted by Crippen LogP contribution is 2.10. The van der Waals surface area contributed by atoms with Gasteiger partial charge in [0, 0.05) is 23.8 Å². The van der Waals surface area contributed by atoms with Crippen molar-refractivity contribution in [1.29, 1.82) is 0 Å². The second kappa shape index (κ2) is 9.54. The van der Waals surface area contributed by atoms with Crippen LogP contribution in [-0.4, -0.2) is 36.5 Å². The molecule has 24 heavy (non-hydrogen) atoms. The zero-order valence-electron chi connectivity index (χ0n) is 14.6. The van der Waals surface area contributed by atoms with Gasteiger partial charge in [-0.05, 0) is 45.4 Å². The molecule has 0 aromatic heterocycles. The molecule has 0 aliphatic rings. The van der Waals surface area contributed by atoms with Gasteiger partial charge in [-0.25, -0.2) is 4.79 Å². The molecule has 0 saturated carbocycles. The topological polar surface area (TPSA) is 99.3 Å². The lowest BCUT2D eigenvalue weighted by Gasteiger charge is -2.17. The van der Waals surface area contributed by atoms with Crippen LogP contribution in [0.5, 0.6) is 0 Å². The van der Waals surface area contributed by atoms with Gasteiger partial charge in [0.1, 0.15) is 6.04 Å². The van der Waals surface area contributed by atoms with Crippen LogP contribution in [0.25, 0.3) is 0 Å². The minimum absolute atomic E-state index is 0.0542. The molecule has 2 atom stereocenters. The summed E-state index contributed by atoms with van der Waals surface area (Å²) in [7, 11) is 0. The molecule has 0 aliphatic heterocycles. The van der Waals surface area contributed by atoms with Crippen LogP contribution in [0.3, 0.4) is 0 Å². The molecule has 0 aliphatic carbocycles. The number of benzene rings is 1. The van der Waals surface area contributed by atoms with Gasteiger partial charge < -0.3 is 21.3 Å². The molecule has 0 bridgehead atoms. The number of amides is 4. The molecule has 0 fully saturated rings. The standard InChI is InChI=1S/C17H26N4O3/c1-5-11(3)19-15(22)12(4)20-17(24)21-14-9-7-8-13(10-14)16(23)18-6-2/h7-12H,5-6H2,1-4H3,(H,18,23)(H,19,22)(H2,20,21,24).